The van der Waals surface area contributed by atoms with Crippen LogP contribution in [0.25, 0.3) is 0 Å². The highest BCUT2D eigenvalue weighted by molar-refractivity contribution is 9.10. The molecule has 1 aromatic carbocycles. The fraction of sp³-hybridized carbons (Fsp3) is 0.167. The summed E-state index contributed by atoms with van der Waals surface area (Å²) in [6.07, 6.45) is 3.36. The lowest BCUT2D eigenvalue weighted by molar-refractivity contribution is -0.117. The van der Waals surface area contributed by atoms with Crippen LogP contribution in [0.3, 0.4) is 0 Å². The summed E-state index contributed by atoms with van der Waals surface area (Å²) in [6, 6.07) is 2.32. The Balaban J connectivity index is 1.99. The Hall–Kier alpha value is -1.89. The molecule has 0 spiro atoms. The molecule has 0 saturated carbocycles. The molecule has 7 heteroatoms. The summed E-state index contributed by atoms with van der Waals surface area (Å²) in [7, 11) is 1.77. The molecule has 2 N–H and O–H groups in total. The molecule has 1 aliphatic heterocycles. The second-order valence-corrected chi connectivity index (χ2v) is 5.18. The van der Waals surface area contributed by atoms with Crippen LogP contribution in [0.5, 0.6) is 0 Å². The molecule has 5 nitrogen and oxygen atoms in total. The molecular weight excluding hydrogens is 315 g/mol. The monoisotopic (exact) mass is 324 g/mol. The Morgan fingerprint density at radius 2 is 2.21 bits per heavy atom. The van der Waals surface area contributed by atoms with Crippen LogP contribution in [-0.4, -0.2) is 15.7 Å². The van der Waals surface area contributed by atoms with Crippen molar-refractivity contribution in [2.75, 3.05) is 10.6 Å². The third-order valence-corrected chi connectivity index (χ3v) is 3.55. The summed E-state index contributed by atoms with van der Waals surface area (Å²) in [5.41, 5.74) is 1.83. The average molecular weight is 325 g/mol. The number of anilines is 2. The van der Waals surface area contributed by atoms with Crippen LogP contribution in [0.1, 0.15) is 11.6 Å². The maximum absolute atomic E-state index is 13.5. The smallest absolute Gasteiger partial charge is 0.251 e. The van der Waals surface area contributed by atoms with Crippen LogP contribution in [0.2, 0.25) is 0 Å². The molecule has 1 aromatic heterocycles. The number of aryl methyl sites for hydroxylation is 1. The van der Waals surface area contributed by atoms with Crippen LogP contribution in [-0.2, 0) is 11.8 Å². The van der Waals surface area contributed by atoms with Crippen LogP contribution in [0.4, 0.5) is 15.8 Å². The molecule has 2 aromatic rings. The van der Waals surface area contributed by atoms with Crippen molar-refractivity contribution in [3.63, 3.8) is 0 Å². The predicted molar refractivity (Wildman–Crippen MR) is 72.3 cm³/mol. The lowest BCUT2D eigenvalue weighted by Gasteiger charge is -2.26. The number of hydrogen-bond donors (Lipinski definition) is 2. The third kappa shape index (κ3) is 2.10. The zero-order chi connectivity index (χ0) is 13.6. The van der Waals surface area contributed by atoms with Gasteiger partial charge in [0, 0.05) is 24.9 Å². The van der Waals surface area contributed by atoms with Crippen LogP contribution in [0.15, 0.2) is 29.0 Å². The molecule has 0 radical (unpaired) electrons. The maximum atomic E-state index is 13.5. The summed E-state index contributed by atoms with van der Waals surface area (Å²) in [5, 5.41) is 9.80. The van der Waals surface area contributed by atoms with E-state index in [-0.39, 0.29) is 11.7 Å². The molecule has 1 unspecified atom stereocenters. The van der Waals surface area contributed by atoms with E-state index in [1.54, 1.807) is 24.1 Å². The van der Waals surface area contributed by atoms with Gasteiger partial charge in [0.2, 0.25) is 0 Å². The zero-order valence-corrected chi connectivity index (χ0v) is 11.5. The van der Waals surface area contributed by atoms with Gasteiger partial charge in [-0.2, -0.15) is 5.10 Å². The summed E-state index contributed by atoms with van der Waals surface area (Å²) in [6.45, 7) is 0. The lowest BCUT2D eigenvalue weighted by atomic mass is 10.1. The molecule has 1 atom stereocenters. The van der Waals surface area contributed by atoms with Gasteiger partial charge in [-0.3, -0.25) is 9.48 Å². The molecule has 3 rings (SSSR count). The van der Waals surface area contributed by atoms with Crippen molar-refractivity contribution in [3.8, 4) is 0 Å². The Labute approximate surface area is 116 Å². The summed E-state index contributed by atoms with van der Waals surface area (Å²) < 4.78 is 15.4. The molecule has 0 bridgehead atoms. The van der Waals surface area contributed by atoms with Crippen molar-refractivity contribution in [1.29, 1.82) is 0 Å². The van der Waals surface area contributed by atoms with Crippen molar-refractivity contribution in [2.24, 2.45) is 7.05 Å². The molecule has 0 fully saturated rings. The average Bonchev–Trinajstić information content (AvgIpc) is 2.77. The highest BCUT2D eigenvalue weighted by Gasteiger charge is 2.28. The highest BCUT2D eigenvalue weighted by Crippen LogP contribution is 2.35. The summed E-state index contributed by atoms with van der Waals surface area (Å²) >= 11 is 3.09. The van der Waals surface area contributed by atoms with Gasteiger partial charge < -0.3 is 10.6 Å². The quantitative estimate of drug-likeness (QED) is 0.847. The van der Waals surface area contributed by atoms with E-state index in [0.29, 0.717) is 15.8 Å². The number of halogens is 2. The van der Waals surface area contributed by atoms with Gasteiger partial charge in [-0.1, -0.05) is 0 Å². The second-order valence-electron chi connectivity index (χ2n) is 4.33. The van der Waals surface area contributed by atoms with Gasteiger partial charge >= 0.3 is 0 Å². The molecular formula is C12H10BrFN4O. The molecule has 19 heavy (non-hydrogen) atoms. The number of hydrogen-bond acceptors (Lipinski definition) is 3. The van der Waals surface area contributed by atoms with Gasteiger partial charge in [-0.15, -0.1) is 0 Å². The first-order chi connectivity index (χ1) is 9.04. The fourth-order valence-electron chi connectivity index (χ4n) is 2.02. The molecule has 2 heterocycles. The van der Waals surface area contributed by atoms with E-state index in [4.69, 9.17) is 0 Å². The normalized spacial score (nSPS) is 17.6. The van der Waals surface area contributed by atoms with Gasteiger partial charge in [0.15, 0.2) is 0 Å². The van der Waals surface area contributed by atoms with E-state index in [2.05, 4.69) is 31.7 Å². The molecule has 0 aliphatic carbocycles. The topological polar surface area (TPSA) is 59.0 Å². The van der Waals surface area contributed by atoms with E-state index in [1.165, 1.54) is 12.1 Å². The minimum absolute atomic E-state index is 0.195. The van der Waals surface area contributed by atoms with Crippen LogP contribution >= 0.6 is 15.9 Å². The Morgan fingerprint density at radius 1 is 1.42 bits per heavy atom. The largest absolute Gasteiger partial charge is 0.368 e. The molecule has 98 valence electrons. The number of amides is 1. The standard InChI is InChI=1S/C12H10BrFN4O/c1-18-5-6(4-15-18)11-12(19)17-9-2-7(13)8(14)3-10(9)16-11/h2-5,11,16H,1H3,(H,17,19). The minimum atomic E-state index is -0.568. The number of aromatic nitrogens is 2. The number of nitrogens with zero attached hydrogens (tertiary/aromatic N) is 2. The van der Waals surface area contributed by atoms with Crippen molar-refractivity contribution >= 4 is 33.2 Å². The van der Waals surface area contributed by atoms with Gasteiger partial charge in [0.05, 0.1) is 22.0 Å². The number of fused-ring (bicyclic) bond motifs is 1. The van der Waals surface area contributed by atoms with E-state index < -0.39 is 6.04 Å². The number of nitrogens with one attached hydrogen (secondary N) is 2. The molecule has 1 aliphatic rings. The van der Waals surface area contributed by atoms with E-state index in [1.807, 2.05) is 0 Å². The van der Waals surface area contributed by atoms with Gasteiger partial charge in [0.25, 0.3) is 5.91 Å². The first-order valence-corrected chi connectivity index (χ1v) is 6.39. The second kappa shape index (κ2) is 4.34. The number of rotatable bonds is 1. The van der Waals surface area contributed by atoms with Crippen molar-refractivity contribution < 1.29 is 9.18 Å². The fourth-order valence-corrected chi connectivity index (χ4v) is 2.36. The van der Waals surface area contributed by atoms with Crippen LogP contribution in [0, 0.1) is 5.82 Å². The Bertz CT molecular complexity index is 670. The highest BCUT2D eigenvalue weighted by atomic mass is 79.9. The summed E-state index contributed by atoms with van der Waals surface area (Å²) in [4.78, 5) is 12.0. The first kappa shape index (κ1) is 12.2. The number of carbonyl (C=O) groups excluding carboxylic acids is 1. The number of carbonyl (C=O) groups is 1. The maximum Gasteiger partial charge on any atom is 0.251 e. The summed E-state index contributed by atoms with van der Waals surface area (Å²) in [5.74, 6) is -0.577. The zero-order valence-electron chi connectivity index (χ0n) is 9.95. The van der Waals surface area contributed by atoms with Gasteiger partial charge in [0.1, 0.15) is 11.9 Å². The molecule has 1 amide bonds. The third-order valence-electron chi connectivity index (χ3n) is 2.94. The van der Waals surface area contributed by atoms with Crippen molar-refractivity contribution in [3.05, 3.63) is 40.4 Å². The lowest BCUT2D eigenvalue weighted by Crippen LogP contribution is -2.31. The molecule has 0 saturated heterocycles. The first-order valence-electron chi connectivity index (χ1n) is 5.59. The Kier molecular flexibility index (Phi) is 2.78. The number of benzene rings is 1. The van der Waals surface area contributed by atoms with Gasteiger partial charge in [-0.05, 0) is 22.0 Å². The van der Waals surface area contributed by atoms with E-state index in [9.17, 15) is 9.18 Å². The van der Waals surface area contributed by atoms with Crippen molar-refractivity contribution in [1.82, 2.24) is 9.78 Å². The predicted octanol–water partition coefficient (Wildman–Crippen LogP) is 2.43. The van der Waals surface area contributed by atoms with Crippen molar-refractivity contribution in [2.45, 2.75) is 6.04 Å². The SMILES string of the molecule is Cn1cc(C2Nc3cc(F)c(Br)cc3NC2=O)cn1. The van der Waals surface area contributed by atoms with E-state index >= 15 is 0 Å². The minimum Gasteiger partial charge on any atom is -0.368 e. The van der Waals surface area contributed by atoms with Gasteiger partial charge in [-0.25, -0.2) is 4.39 Å². The van der Waals surface area contributed by atoms with E-state index in [0.717, 1.165) is 5.56 Å². The Morgan fingerprint density at radius 3 is 2.89 bits per heavy atom. The van der Waals surface area contributed by atoms with Crippen LogP contribution < -0.4 is 10.6 Å².